The van der Waals surface area contributed by atoms with E-state index in [0.29, 0.717) is 101 Å². The molecule has 0 unspecified atom stereocenters. The first-order valence-electron chi connectivity index (χ1n) is 27.2. The van der Waals surface area contributed by atoms with Crippen molar-refractivity contribution in [2.45, 2.75) is 65.7 Å². The number of rotatable bonds is 8. The number of benzene rings is 9. The Morgan fingerprint density at radius 1 is 0.352 bits per heavy atom. The summed E-state index contributed by atoms with van der Waals surface area (Å²) in [5.41, 5.74) is 0.914. The molecule has 0 amide bonds. The third-order valence-electron chi connectivity index (χ3n) is 15.7. The molecule has 12 aromatic rings. The second-order valence-corrected chi connectivity index (χ2v) is 22.1. The maximum absolute atomic E-state index is 14.5. The van der Waals surface area contributed by atoms with Gasteiger partial charge in [0.1, 0.15) is 6.07 Å². The quantitative estimate of drug-likeness (QED) is 0.142. The van der Waals surface area contributed by atoms with Crippen molar-refractivity contribution < 1.29 is 61.5 Å². The third-order valence-corrected chi connectivity index (χ3v) is 15.7. The number of aromatic nitrogens is 3. The average molecular weight is 1210 g/mol. The van der Waals surface area contributed by atoms with Crippen LogP contribution < -0.4 is 0 Å². The normalized spacial score (nSPS) is 12.6. The van der Waals surface area contributed by atoms with Crippen LogP contribution in [-0.4, -0.2) is 14.1 Å². The molecule has 0 fully saturated rings. The van der Waals surface area contributed by atoms with E-state index in [0.717, 1.165) is 24.3 Å². The fourth-order valence-electron chi connectivity index (χ4n) is 12.0. The van der Waals surface area contributed by atoms with E-state index in [1.807, 2.05) is 0 Å². The summed E-state index contributed by atoms with van der Waals surface area (Å²) in [4.78, 5) is 4.62. The highest BCUT2D eigenvalue weighted by molar-refractivity contribution is 6.13. The zero-order valence-corrected chi connectivity index (χ0v) is 46.8. The van der Waals surface area contributed by atoms with Gasteiger partial charge in [-0.15, -0.1) is 0 Å². The van der Waals surface area contributed by atoms with E-state index in [4.69, 9.17) is 0 Å². The minimum atomic E-state index is -5.20. The molecule has 0 saturated carbocycles. The third kappa shape index (κ3) is 10.8. The van der Waals surface area contributed by atoms with Crippen molar-refractivity contribution in [1.82, 2.24) is 14.1 Å². The van der Waals surface area contributed by atoms with Crippen LogP contribution in [0.3, 0.4) is 0 Å². The molecular weight excluding hydrogens is 1160 g/mol. The molecule has 4 nitrogen and oxygen atoms in total. The van der Waals surface area contributed by atoms with Crippen molar-refractivity contribution in [3.63, 3.8) is 0 Å². The average Bonchev–Trinajstić information content (AvgIpc) is 1.55. The maximum Gasteiger partial charge on any atom is 0.416 e. The molecular formula is C70H44F14N4. The Bertz CT molecular complexity index is 4860. The second kappa shape index (κ2) is 21.0. The number of halogens is 14. The number of pyridine rings is 1. The molecule has 0 aliphatic rings. The molecule has 0 aliphatic heterocycles. The van der Waals surface area contributed by atoms with Gasteiger partial charge in [-0.3, -0.25) is 4.98 Å². The van der Waals surface area contributed by atoms with Crippen LogP contribution in [0.4, 0.5) is 61.5 Å². The number of nitrogens with zero attached hydrogens (tertiary/aromatic N) is 4. The molecule has 3 aromatic heterocycles. The number of hydrogen-bond donors (Lipinski definition) is 0. The van der Waals surface area contributed by atoms with Gasteiger partial charge in [-0.2, -0.15) is 57.9 Å². The lowest BCUT2D eigenvalue weighted by Gasteiger charge is -2.20. The molecule has 18 heteroatoms. The molecule has 0 radical (unpaired) electrons. The first-order chi connectivity index (χ1) is 41.4. The Kier molecular flexibility index (Phi) is 14.0. The molecule has 9 aromatic carbocycles. The van der Waals surface area contributed by atoms with E-state index in [2.05, 4.69) is 11.1 Å². The lowest BCUT2D eigenvalue weighted by Crippen LogP contribution is -2.11. The predicted octanol–water partition coefficient (Wildman–Crippen LogP) is 22.0. The van der Waals surface area contributed by atoms with Gasteiger partial charge >= 0.3 is 24.7 Å². The van der Waals surface area contributed by atoms with Crippen molar-refractivity contribution in [3.8, 4) is 73.1 Å². The molecule has 88 heavy (non-hydrogen) atoms. The largest absolute Gasteiger partial charge is 0.416 e. The molecule has 0 aliphatic carbocycles. The molecule has 0 atom stereocenters. The zero-order chi connectivity index (χ0) is 62.8. The van der Waals surface area contributed by atoms with E-state index in [1.54, 1.807) is 121 Å². The highest BCUT2D eigenvalue weighted by Gasteiger charge is 2.38. The summed E-state index contributed by atoms with van der Waals surface area (Å²) in [7, 11) is 0. The van der Waals surface area contributed by atoms with E-state index in [-0.39, 0.29) is 61.9 Å². The lowest BCUT2D eigenvalue weighted by atomic mass is 9.97. The molecule has 442 valence electrons. The van der Waals surface area contributed by atoms with Crippen molar-refractivity contribution >= 4 is 43.6 Å². The Morgan fingerprint density at radius 2 is 0.693 bits per heavy atom. The smallest absolute Gasteiger partial charge is 0.309 e. The van der Waals surface area contributed by atoms with Crippen LogP contribution in [0.2, 0.25) is 0 Å². The van der Waals surface area contributed by atoms with E-state index in [9.17, 15) is 66.7 Å². The molecule has 0 spiro atoms. The Hall–Kier alpha value is -9.76. The van der Waals surface area contributed by atoms with Crippen molar-refractivity contribution in [2.75, 3.05) is 0 Å². The number of fused-ring (bicyclic) bond motifs is 6. The van der Waals surface area contributed by atoms with E-state index >= 15 is 0 Å². The van der Waals surface area contributed by atoms with Gasteiger partial charge < -0.3 is 9.13 Å². The Morgan fingerprint density at radius 3 is 1.06 bits per heavy atom. The Balaban J connectivity index is 1.21. The zero-order valence-electron chi connectivity index (χ0n) is 46.8. The van der Waals surface area contributed by atoms with Gasteiger partial charge in [0.25, 0.3) is 6.43 Å². The van der Waals surface area contributed by atoms with Crippen LogP contribution in [-0.2, 0) is 24.7 Å². The number of alkyl halides is 14. The summed E-state index contributed by atoms with van der Waals surface area (Å²) in [6, 6.07) is 41.4. The minimum Gasteiger partial charge on any atom is -0.309 e. The predicted molar refractivity (Wildman–Crippen MR) is 313 cm³/mol. The van der Waals surface area contributed by atoms with Gasteiger partial charge in [0.2, 0.25) is 0 Å². The van der Waals surface area contributed by atoms with Gasteiger partial charge in [0, 0.05) is 44.1 Å². The van der Waals surface area contributed by atoms with Crippen LogP contribution in [0, 0.1) is 45.9 Å². The van der Waals surface area contributed by atoms with Gasteiger partial charge in [-0.05, 0) is 193 Å². The second-order valence-electron chi connectivity index (χ2n) is 22.1. The van der Waals surface area contributed by atoms with Gasteiger partial charge in [-0.1, -0.05) is 78.4 Å². The number of aryl methyl sites for hydroxylation is 5. The topological polar surface area (TPSA) is 46.5 Å². The van der Waals surface area contributed by atoms with Crippen LogP contribution >= 0.6 is 0 Å². The van der Waals surface area contributed by atoms with Crippen molar-refractivity contribution in [3.05, 3.63) is 231 Å². The highest BCUT2D eigenvalue weighted by atomic mass is 19.4. The summed E-state index contributed by atoms with van der Waals surface area (Å²) >= 11 is 0. The van der Waals surface area contributed by atoms with Gasteiger partial charge in [0.05, 0.1) is 61.3 Å². The standard InChI is InChI=1S/C70H44F14N4/c1-35-14-44(22-49(17-35)66(71)72)40-6-10-55-56-11-7-41(45-15-36(2)18-51(23-45)67(73,74)75)28-62(56)87(61(55)27-40)60-33-59(48-20-38(4)86-39(5)21-48)65(31-50(60)34-85)88-63-29-42(46-16-37(3)19-52(24-46)68(76,77)78)8-12-57(63)58-13-9-43(30-64(58)88)47-25-53(69(79,80)81)32-54(26-47)70(82,83)84/h6-33,66H,1-5H3. The molecule has 12 rings (SSSR count). The molecule has 0 bridgehead atoms. The maximum atomic E-state index is 14.5. The minimum absolute atomic E-state index is 0.0167. The van der Waals surface area contributed by atoms with Gasteiger partial charge in [0.15, 0.2) is 0 Å². The van der Waals surface area contributed by atoms with Crippen LogP contribution in [0.1, 0.15) is 67.9 Å². The van der Waals surface area contributed by atoms with Crippen LogP contribution in [0.5, 0.6) is 0 Å². The van der Waals surface area contributed by atoms with Crippen molar-refractivity contribution in [2.24, 2.45) is 0 Å². The summed E-state index contributed by atoms with van der Waals surface area (Å²) in [5.74, 6) is 0. The molecule has 0 saturated heterocycles. The summed E-state index contributed by atoms with van der Waals surface area (Å²) in [6.45, 7) is 8.17. The first-order valence-corrected chi connectivity index (χ1v) is 27.2. The lowest BCUT2D eigenvalue weighted by molar-refractivity contribution is -0.143. The van der Waals surface area contributed by atoms with E-state index in [1.165, 1.54) is 50.2 Å². The fourth-order valence-corrected chi connectivity index (χ4v) is 12.0. The van der Waals surface area contributed by atoms with Crippen molar-refractivity contribution in [1.29, 1.82) is 5.26 Å². The van der Waals surface area contributed by atoms with E-state index < -0.39 is 58.9 Å². The summed E-state index contributed by atoms with van der Waals surface area (Å²) in [6.07, 6.45) is -22.7. The fraction of sp³-hybridized carbons (Fsp3) is 0.143. The van der Waals surface area contributed by atoms with Crippen LogP contribution in [0.25, 0.3) is 111 Å². The molecule has 3 heterocycles. The van der Waals surface area contributed by atoms with Crippen LogP contribution in [0.15, 0.2) is 170 Å². The first kappa shape index (κ1) is 58.6. The summed E-state index contributed by atoms with van der Waals surface area (Å²) in [5, 5.41) is 13.6. The Labute approximate surface area is 492 Å². The monoisotopic (exact) mass is 1210 g/mol. The number of hydrogen-bond acceptors (Lipinski definition) is 2. The SMILES string of the molecule is Cc1cc(-c2ccc3c4ccc(-c5cc(C)cc(C(F)(F)F)c5)cc4n(-c4cc(-c5cc(C)nc(C)c5)c(-n5c6cc(-c7cc(C)cc(C(F)(F)F)c7)ccc6c6ccc(-c7cc(C(F)(F)F)cc(C(F)(F)F)c7)cc65)cc4C#N)c3c2)cc(C(F)F)c1. The van der Waals surface area contributed by atoms with Gasteiger partial charge in [-0.25, -0.2) is 8.78 Å². The molecule has 0 N–H and O–H groups in total. The number of nitriles is 1. The summed E-state index contributed by atoms with van der Waals surface area (Å²) < 4.78 is 205. The highest BCUT2D eigenvalue weighted by Crippen LogP contribution is 2.47.